The van der Waals surface area contributed by atoms with Crippen LogP contribution in [0.4, 0.5) is 8.78 Å². The first-order valence-corrected chi connectivity index (χ1v) is 9.85. The fourth-order valence-electron chi connectivity index (χ4n) is 4.80. The Labute approximate surface area is 155 Å². The third-order valence-electron chi connectivity index (χ3n) is 6.33. The van der Waals surface area contributed by atoms with Crippen molar-refractivity contribution in [3.63, 3.8) is 0 Å². The van der Waals surface area contributed by atoms with Crippen LogP contribution in [-0.4, -0.2) is 0 Å². The van der Waals surface area contributed by atoms with Crippen LogP contribution in [0.3, 0.4) is 0 Å². The molecule has 1 aromatic rings. The first kappa shape index (κ1) is 18.8. The Morgan fingerprint density at radius 3 is 2.08 bits per heavy atom. The summed E-state index contributed by atoms with van der Waals surface area (Å²) in [6.45, 7) is 0. The molecule has 2 aliphatic rings. The highest BCUT2D eigenvalue weighted by Crippen LogP contribution is 2.44. The highest BCUT2D eigenvalue weighted by molar-refractivity contribution is 5.21. The van der Waals surface area contributed by atoms with E-state index in [4.69, 9.17) is 5.26 Å². The zero-order chi connectivity index (χ0) is 18.4. The van der Waals surface area contributed by atoms with Crippen molar-refractivity contribution in [2.75, 3.05) is 0 Å². The van der Waals surface area contributed by atoms with Crippen LogP contribution in [0.2, 0.25) is 0 Å². The molecule has 0 bridgehead atoms. The number of halogens is 2. The van der Waals surface area contributed by atoms with Crippen molar-refractivity contribution in [3.05, 3.63) is 59.7 Å². The lowest BCUT2D eigenvalue weighted by molar-refractivity contribution is 0.171. The number of allylic oxidation sites excluding steroid dienone is 4. The van der Waals surface area contributed by atoms with Crippen LogP contribution in [0.25, 0.3) is 0 Å². The number of nitrogens with zero attached hydrogens (tertiary/aromatic N) is 1. The number of hydrogen-bond acceptors (Lipinski definition) is 1. The SMILES string of the molecule is N#CC(F)=CC=C[C@H]1CC[C@H]([C@H]2CC[C@H](c3ccc(F)cc3)CC2)CC1. The second-order valence-corrected chi connectivity index (χ2v) is 7.85. The first-order valence-electron chi connectivity index (χ1n) is 9.85. The Morgan fingerprint density at radius 1 is 0.923 bits per heavy atom. The second-order valence-electron chi connectivity index (χ2n) is 7.85. The van der Waals surface area contributed by atoms with Gasteiger partial charge in [0.1, 0.15) is 11.9 Å². The van der Waals surface area contributed by atoms with Crippen molar-refractivity contribution in [2.45, 2.75) is 57.3 Å². The summed E-state index contributed by atoms with van der Waals surface area (Å²) in [7, 11) is 0. The standard InChI is InChI=1S/C23H27F2N/c24-22-14-12-21(13-15-22)20-10-8-19(9-11-20)18-6-4-17(5-7-18)2-1-3-23(25)16-26/h1-3,12-15,17-20H,4-11H2/t17-,18-,19-,20-. The van der Waals surface area contributed by atoms with E-state index < -0.39 is 5.83 Å². The Bertz CT molecular complexity index is 667. The summed E-state index contributed by atoms with van der Waals surface area (Å²) in [5, 5.41) is 8.41. The highest BCUT2D eigenvalue weighted by atomic mass is 19.1. The molecule has 2 saturated carbocycles. The average molecular weight is 355 g/mol. The molecule has 2 aliphatic carbocycles. The van der Waals surface area contributed by atoms with Gasteiger partial charge in [-0.1, -0.05) is 24.3 Å². The minimum absolute atomic E-state index is 0.154. The fourth-order valence-corrected chi connectivity index (χ4v) is 4.80. The van der Waals surface area contributed by atoms with Crippen molar-refractivity contribution in [3.8, 4) is 6.07 Å². The van der Waals surface area contributed by atoms with E-state index in [1.54, 1.807) is 18.2 Å². The van der Waals surface area contributed by atoms with E-state index in [9.17, 15) is 8.78 Å². The Morgan fingerprint density at radius 2 is 1.50 bits per heavy atom. The van der Waals surface area contributed by atoms with E-state index in [0.717, 1.165) is 11.8 Å². The molecule has 0 saturated heterocycles. The van der Waals surface area contributed by atoms with Gasteiger partial charge < -0.3 is 0 Å². The summed E-state index contributed by atoms with van der Waals surface area (Å²) in [6.07, 6.45) is 14.8. The predicted molar refractivity (Wildman–Crippen MR) is 100 cm³/mol. The van der Waals surface area contributed by atoms with E-state index in [1.165, 1.54) is 69.1 Å². The second kappa shape index (κ2) is 9.12. The van der Waals surface area contributed by atoms with E-state index in [2.05, 4.69) is 6.08 Å². The third kappa shape index (κ3) is 5.04. The molecule has 138 valence electrons. The molecular weight excluding hydrogens is 328 g/mol. The molecule has 0 amide bonds. The van der Waals surface area contributed by atoms with Gasteiger partial charge in [-0.2, -0.15) is 9.65 Å². The normalized spacial score (nSPS) is 30.3. The maximum absolute atomic E-state index is 13.1. The quantitative estimate of drug-likeness (QED) is 0.428. The van der Waals surface area contributed by atoms with Crippen LogP contribution in [0.15, 0.2) is 48.3 Å². The molecule has 0 spiro atoms. The van der Waals surface area contributed by atoms with Crippen LogP contribution < -0.4 is 0 Å². The van der Waals surface area contributed by atoms with Gasteiger partial charge in [0.15, 0.2) is 5.83 Å². The Balaban J connectivity index is 1.43. The minimum Gasteiger partial charge on any atom is -0.207 e. The maximum Gasteiger partial charge on any atom is 0.199 e. The molecule has 0 aromatic heterocycles. The van der Waals surface area contributed by atoms with Crippen molar-refractivity contribution in [2.24, 2.45) is 17.8 Å². The topological polar surface area (TPSA) is 23.8 Å². The van der Waals surface area contributed by atoms with Crippen LogP contribution >= 0.6 is 0 Å². The molecule has 3 heteroatoms. The van der Waals surface area contributed by atoms with Gasteiger partial charge in [-0.05, 0) is 98.8 Å². The van der Waals surface area contributed by atoms with Gasteiger partial charge in [-0.25, -0.2) is 4.39 Å². The molecule has 0 radical (unpaired) electrons. The molecule has 3 rings (SSSR count). The van der Waals surface area contributed by atoms with E-state index in [0.29, 0.717) is 11.8 Å². The summed E-state index contributed by atoms with van der Waals surface area (Å²) in [6, 6.07) is 8.54. The van der Waals surface area contributed by atoms with Crippen molar-refractivity contribution in [1.29, 1.82) is 5.26 Å². The van der Waals surface area contributed by atoms with Crippen molar-refractivity contribution < 1.29 is 8.78 Å². The van der Waals surface area contributed by atoms with Gasteiger partial charge in [-0.3, -0.25) is 0 Å². The number of rotatable bonds is 4. The summed E-state index contributed by atoms with van der Waals surface area (Å²) in [5.74, 6) is 1.87. The highest BCUT2D eigenvalue weighted by Gasteiger charge is 2.30. The van der Waals surface area contributed by atoms with Crippen LogP contribution in [-0.2, 0) is 0 Å². The van der Waals surface area contributed by atoms with Crippen molar-refractivity contribution >= 4 is 0 Å². The molecule has 0 N–H and O–H groups in total. The lowest BCUT2D eigenvalue weighted by atomic mass is 9.68. The molecule has 26 heavy (non-hydrogen) atoms. The van der Waals surface area contributed by atoms with Crippen LogP contribution in [0, 0.1) is 34.9 Å². The minimum atomic E-state index is -0.729. The molecule has 1 aromatic carbocycles. The number of nitriles is 1. The van der Waals surface area contributed by atoms with Crippen LogP contribution in [0.1, 0.15) is 62.8 Å². The van der Waals surface area contributed by atoms with Gasteiger partial charge in [-0.15, -0.1) is 0 Å². The average Bonchev–Trinajstić information content (AvgIpc) is 2.69. The summed E-state index contributed by atoms with van der Waals surface area (Å²) >= 11 is 0. The molecule has 1 nitrogen and oxygen atoms in total. The smallest absolute Gasteiger partial charge is 0.199 e. The van der Waals surface area contributed by atoms with Crippen LogP contribution in [0.5, 0.6) is 0 Å². The zero-order valence-corrected chi connectivity index (χ0v) is 15.2. The Kier molecular flexibility index (Phi) is 6.61. The monoisotopic (exact) mass is 355 g/mol. The van der Waals surface area contributed by atoms with Gasteiger partial charge in [0.25, 0.3) is 0 Å². The molecule has 0 heterocycles. The largest absolute Gasteiger partial charge is 0.207 e. The fraction of sp³-hybridized carbons (Fsp3) is 0.522. The van der Waals surface area contributed by atoms with E-state index in [1.807, 2.05) is 12.1 Å². The van der Waals surface area contributed by atoms with E-state index >= 15 is 0 Å². The zero-order valence-electron chi connectivity index (χ0n) is 15.2. The molecular formula is C23H27F2N. The van der Waals surface area contributed by atoms with Gasteiger partial charge in [0.05, 0.1) is 0 Å². The predicted octanol–water partition coefficient (Wildman–Crippen LogP) is 6.84. The summed E-state index contributed by atoms with van der Waals surface area (Å²) in [4.78, 5) is 0. The first-order chi connectivity index (χ1) is 12.7. The van der Waals surface area contributed by atoms with Gasteiger partial charge >= 0.3 is 0 Å². The number of benzene rings is 1. The lowest BCUT2D eigenvalue weighted by Crippen LogP contribution is -2.25. The summed E-state index contributed by atoms with van der Waals surface area (Å²) in [5.41, 5.74) is 1.29. The van der Waals surface area contributed by atoms with Gasteiger partial charge in [0.2, 0.25) is 0 Å². The molecule has 0 aliphatic heterocycles. The Hall–Kier alpha value is -1.95. The van der Waals surface area contributed by atoms with Crippen molar-refractivity contribution in [1.82, 2.24) is 0 Å². The van der Waals surface area contributed by atoms with Gasteiger partial charge in [0, 0.05) is 0 Å². The van der Waals surface area contributed by atoms with E-state index in [-0.39, 0.29) is 5.82 Å². The molecule has 2 fully saturated rings. The summed E-state index contributed by atoms with van der Waals surface area (Å²) < 4.78 is 25.9. The number of hydrogen-bond donors (Lipinski definition) is 0. The lowest BCUT2D eigenvalue weighted by Gasteiger charge is -2.37. The third-order valence-corrected chi connectivity index (χ3v) is 6.33. The molecule has 0 unspecified atom stereocenters. The maximum atomic E-state index is 13.1. The molecule has 0 atom stereocenters.